The highest BCUT2D eigenvalue weighted by molar-refractivity contribution is 7.91. The maximum Gasteiger partial charge on any atom is 0.339 e. The van der Waals surface area contributed by atoms with E-state index in [0.717, 1.165) is 11.3 Å². The fraction of sp³-hybridized carbons (Fsp3) is 0.200. The molecule has 0 aliphatic carbocycles. The van der Waals surface area contributed by atoms with Crippen molar-refractivity contribution in [3.63, 3.8) is 0 Å². The van der Waals surface area contributed by atoms with Crippen LogP contribution < -0.4 is 0 Å². The summed E-state index contributed by atoms with van der Waals surface area (Å²) < 4.78 is 43.3. The number of carbonyl (C=O) groups is 1. The van der Waals surface area contributed by atoms with Crippen LogP contribution in [-0.4, -0.2) is 32.4 Å². The van der Waals surface area contributed by atoms with Gasteiger partial charge in [-0.2, -0.15) is 4.39 Å². The number of rotatable bonds is 5. The lowest BCUT2D eigenvalue weighted by Crippen LogP contribution is -2.02. The maximum absolute atomic E-state index is 13.4. The molecule has 0 aliphatic heterocycles. The van der Waals surface area contributed by atoms with Crippen molar-refractivity contribution < 1.29 is 22.3 Å². The maximum atomic E-state index is 13.4. The minimum absolute atomic E-state index is 0.0154. The summed E-state index contributed by atoms with van der Waals surface area (Å²) >= 11 is 4.90. The first-order valence-corrected chi connectivity index (χ1v) is 7.64. The molecular weight excluding hydrogens is 313 g/mol. The van der Waals surface area contributed by atoms with Crippen molar-refractivity contribution >= 4 is 50.8 Å². The molecule has 1 aromatic heterocycles. The number of methoxy groups -OCH3 is 1. The Labute approximate surface area is 118 Å². The normalized spacial score (nSPS) is 11.3. The van der Waals surface area contributed by atoms with Crippen molar-refractivity contribution in [2.75, 3.05) is 12.9 Å². The van der Waals surface area contributed by atoms with E-state index in [1.807, 2.05) is 0 Å². The minimum atomic E-state index is -3.75. The van der Waals surface area contributed by atoms with Crippen molar-refractivity contribution in [1.29, 1.82) is 0 Å². The second kappa shape index (κ2) is 6.67. The average molecular weight is 321 g/mol. The number of carbonyl (C=O) groups excluding carboxylic acids is 1. The van der Waals surface area contributed by atoms with Gasteiger partial charge in [0.2, 0.25) is 0 Å². The molecule has 0 saturated heterocycles. The van der Waals surface area contributed by atoms with Crippen LogP contribution in [0.2, 0.25) is 0 Å². The molecule has 9 heteroatoms. The zero-order valence-corrected chi connectivity index (χ0v) is 12.1. The fourth-order valence-corrected chi connectivity index (χ4v) is 2.77. The second-order valence-corrected chi connectivity index (χ2v) is 5.85. The summed E-state index contributed by atoms with van der Waals surface area (Å²) in [5, 5.41) is 2.43. The van der Waals surface area contributed by atoms with Crippen LogP contribution in [-0.2, 0) is 14.8 Å². The number of hydrogen-bond donors (Lipinski definition) is 0. The minimum Gasteiger partial charge on any atom is -0.465 e. The molecule has 0 radical (unpaired) electrons. The fourth-order valence-electron chi connectivity index (χ4n) is 1.15. The molecule has 0 aromatic carbocycles. The number of sulfonamides is 1. The molecule has 1 rings (SSSR count). The largest absolute Gasteiger partial charge is 0.465 e. The standard InChI is InChI=1S/C10H8FNO4S3/c1-16-10(13)8-5-18-9(11)7(8)3-2-4-19(14,15)12-6-17/h2-3,5H,4H2,1H3. The third-order valence-corrected chi connectivity index (χ3v) is 3.93. The van der Waals surface area contributed by atoms with Crippen molar-refractivity contribution in [2.45, 2.75) is 0 Å². The predicted molar refractivity (Wildman–Crippen MR) is 73.5 cm³/mol. The Hall–Kier alpha value is -1.41. The van der Waals surface area contributed by atoms with Gasteiger partial charge >= 0.3 is 5.97 Å². The van der Waals surface area contributed by atoms with Gasteiger partial charge in [0.1, 0.15) is 0 Å². The van der Waals surface area contributed by atoms with E-state index in [4.69, 9.17) is 0 Å². The Morgan fingerprint density at radius 3 is 2.95 bits per heavy atom. The van der Waals surface area contributed by atoms with Crippen LogP contribution in [0.3, 0.4) is 0 Å². The highest BCUT2D eigenvalue weighted by Crippen LogP contribution is 2.23. The van der Waals surface area contributed by atoms with E-state index in [9.17, 15) is 17.6 Å². The quantitative estimate of drug-likeness (QED) is 0.472. The first-order valence-electron chi connectivity index (χ1n) is 4.75. The third kappa shape index (κ3) is 4.32. The van der Waals surface area contributed by atoms with Crippen LogP contribution in [0.15, 0.2) is 15.9 Å². The Kier molecular flexibility index (Phi) is 5.49. The topological polar surface area (TPSA) is 72.8 Å². The Morgan fingerprint density at radius 1 is 1.68 bits per heavy atom. The Balaban J connectivity index is 2.97. The van der Waals surface area contributed by atoms with Gasteiger partial charge in [-0.1, -0.05) is 12.2 Å². The van der Waals surface area contributed by atoms with E-state index in [1.54, 1.807) is 5.16 Å². The monoisotopic (exact) mass is 321 g/mol. The molecule has 0 bridgehead atoms. The van der Waals surface area contributed by atoms with Crippen molar-refractivity contribution in [2.24, 2.45) is 4.40 Å². The van der Waals surface area contributed by atoms with Crippen molar-refractivity contribution in [3.8, 4) is 0 Å². The number of esters is 1. The van der Waals surface area contributed by atoms with Gasteiger partial charge in [0.25, 0.3) is 10.0 Å². The SMILES string of the molecule is COC(=O)c1csc(F)c1C=CCS(=O)(=O)N=C=S. The molecular formula is C10H8FNO4S3. The van der Waals surface area contributed by atoms with E-state index >= 15 is 0 Å². The van der Waals surface area contributed by atoms with Crippen molar-refractivity contribution in [3.05, 3.63) is 27.7 Å². The molecule has 0 atom stereocenters. The number of isothiocyanates is 1. The molecule has 0 saturated carbocycles. The van der Waals surface area contributed by atoms with Gasteiger partial charge in [0.15, 0.2) is 5.13 Å². The van der Waals surface area contributed by atoms with Crippen LogP contribution >= 0.6 is 23.6 Å². The van der Waals surface area contributed by atoms with Crippen LogP contribution in [0.5, 0.6) is 0 Å². The predicted octanol–water partition coefficient (Wildman–Crippen LogP) is 2.12. The van der Waals surface area contributed by atoms with Gasteiger partial charge in [0, 0.05) is 10.9 Å². The van der Waals surface area contributed by atoms with Gasteiger partial charge in [-0.05, 0) is 12.2 Å². The molecule has 0 amide bonds. The molecule has 5 nitrogen and oxygen atoms in total. The first kappa shape index (κ1) is 15.6. The van der Waals surface area contributed by atoms with Gasteiger partial charge in [-0.15, -0.1) is 15.7 Å². The van der Waals surface area contributed by atoms with E-state index in [1.165, 1.54) is 24.6 Å². The summed E-state index contributed by atoms with van der Waals surface area (Å²) in [4.78, 5) is 11.3. The molecule has 0 aliphatic rings. The summed E-state index contributed by atoms with van der Waals surface area (Å²) in [5.74, 6) is -1.16. The lowest BCUT2D eigenvalue weighted by atomic mass is 10.2. The number of thiophene rings is 1. The summed E-state index contributed by atoms with van der Waals surface area (Å²) in [5.41, 5.74) is 0.0235. The van der Waals surface area contributed by atoms with Crippen LogP contribution in [0.25, 0.3) is 6.08 Å². The second-order valence-electron chi connectivity index (χ2n) is 3.16. The molecule has 0 fully saturated rings. The molecule has 19 heavy (non-hydrogen) atoms. The van der Waals surface area contributed by atoms with E-state index in [-0.39, 0.29) is 11.1 Å². The van der Waals surface area contributed by atoms with Gasteiger partial charge in [0.05, 0.1) is 23.6 Å². The number of halogens is 1. The van der Waals surface area contributed by atoms with Gasteiger partial charge < -0.3 is 4.74 Å². The zero-order valence-electron chi connectivity index (χ0n) is 9.62. The van der Waals surface area contributed by atoms with E-state index < -0.39 is 26.9 Å². The molecule has 0 N–H and O–H groups in total. The smallest absolute Gasteiger partial charge is 0.339 e. The van der Waals surface area contributed by atoms with Gasteiger partial charge in [-0.3, -0.25) is 0 Å². The summed E-state index contributed by atoms with van der Waals surface area (Å²) in [6, 6.07) is 0. The first-order chi connectivity index (χ1) is 8.91. The Morgan fingerprint density at radius 2 is 2.37 bits per heavy atom. The lowest BCUT2D eigenvalue weighted by Gasteiger charge is -1.97. The van der Waals surface area contributed by atoms with Crippen molar-refractivity contribution in [1.82, 2.24) is 0 Å². The molecule has 102 valence electrons. The van der Waals surface area contributed by atoms with Crippen LogP contribution in [0.4, 0.5) is 4.39 Å². The highest BCUT2D eigenvalue weighted by atomic mass is 32.2. The van der Waals surface area contributed by atoms with Crippen LogP contribution in [0, 0.1) is 5.13 Å². The van der Waals surface area contributed by atoms with E-state index in [0.29, 0.717) is 0 Å². The zero-order chi connectivity index (χ0) is 14.5. The number of hydrogen-bond acceptors (Lipinski definition) is 6. The molecule has 1 aromatic rings. The number of thiocarbonyl (C=S) groups is 1. The molecule has 0 spiro atoms. The van der Waals surface area contributed by atoms with Gasteiger partial charge in [-0.25, -0.2) is 13.2 Å². The van der Waals surface area contributed by atoms with E-state index in [2.05, 4.69) is 21.4 Å². The summed E-state index contributed by atoms with van der Waals surface area (Å²) in [6.07, 6.45) is 2.36. The summed E-state index contributed by atoms with van der Waals surface area (Å²) in [6.45, 7) is 0. The number of ether oxygens (including phenoxy) is 1. The average Bonchev–Trinajstić information content (AvgIpc) is 2.70. The highest BCUT2D eigenvalue weighted by Gasteiger charge is 2.16. The Bertz CT molecular complexity index is 656. The van der Waals surface area contributed by atoms with Crippen LogP contribution in [0.1, 0.15) is 15.9 Å². The molecule has 1 heterocycles. The molecule has 0 unspecified atom stereocenters. The summed E-state index contributed by atoms with van der Waals surface area (Å²) in [7, 11) is -2.58. The third-order valence-electron chi connectivity index (χ3n) is 1.96. The number of nitrogens with zero attached hydrogens (tertiary/aromatic N) is 1. The lowest BCUT2D eigenvalue weighted by molar-refractivity contribution is 0.0601.